The molecular formula is C14H21IN2. The highest BCUT2D eigenvalue weighted by Crippen LogP contribution is 2.29. The second kappa shape index (κ2) is 6.16. The Bertz CT molecular complexity index is 350. The van der Waals surface area contributed by atoms with E-state index in [-0.39, 0.29) is 0 Å². The topological polar surface area (TPSA) is 15.3 Å². The molecule has 0 radical (unpaired) electrons. The maximum Gasteiger partial charge on any atom is 0.0323 e. The van der Waals surface area contributed by atoms with Gasteiger partial charge in [-0.2, -0.15) is 0 Å². The highest BCUT2D eigenvalue weighted by Gasteiger charge is 2.28. The van der Waals surface area contributed by atoms with Gasteiger partial charge < -0.3 is 5.32 Å². The van der Waals surface area contributed by atoms with Crippen LogP contribution in [-0.4, -0.2) is 31.1 Å². The molecule has 1 saturated heterocycles. The van der Waals surface area contributed by atoms with Crippen molar-refractivity contribution in [1.29, 1.82) is 0 Å². The van der Waals surface area contributed by atoms with Crippen molar-refractivity contribution >= 4 is 22.6 Å². The molecule has 2 unspecified atom stereocenters. The van der Waals surface area contributed by atoms with Gasteiger partial charge in [-0.3, -0.25) is 4.90 Å². The second-order valence-electron chi connectivity index (χ2n) is 4.82. The number of nitrogens with one attached hydrogen (secondary N) is 1. The lowest BCUT2D eigenvalue weighted by molar-refractivity contribution is 0.191. The normalized spacial score (nSPS) is 22.9. The zero-order valence-corrected chi connectivity index (χ0v) is 12.8. The first-order chi connectivity index (χ1) is 8.22. The number of benzene rings is 1. The number of likely N-dealkylation sites (N-methyl/N-ethyl adjacent to an activating group) is 1. The van der Waals surface area contributed by atoms with Crippen molar-refractivity contribution in [3.63, 3.8) is 0 Å². The molecule has 17 heavy (non-hydrogen) atoms. The third-order valence-corrected chi connectivity index (χ3v) is 4.43. The largest absolute Gasteiger partial charge is 0.318 e. The number of nitrogens with zero attached hydrogens (tertiary/aromatic N) is 1. The van der Waals surface area contributed by atoms with E-state index in [0.29, 0.717) is 12.1 Å². The number of rotatable bonds is 4. The molecule has 0 amide bonds. The van der Waals surface area contributed by atoms with Crippen molar-refractivity contribution in [2.45, 2.75) is 31.8 Å². The summed E-state index contributed by atoms with van der Waals surface area (Å²) in [5, 5.41) is 3.31. The second-order valence-corrected chi connectivity index (χ2v) is 6.06. The molecule has 2 nitrogen and oxygen atoms in total. The Morgan fingerprint density at radius 2 is 2.12 bits per heavy atom. The molecule has 1 aliphatic heterocycles. The molecule has 1 fully saturated rings. The Kier molecular flexibility index (Phi) is 4.82. The van der Waals surface area contributed by atoms with Crippen molar-refractivity contribution < 1.29 is 0 Å². The average molecular weight is 344 g/mol. The molecule has 0 spiro atoms. The summed E-state index contributed by atoms with van der Waals surface area (Å²) in [5.74, 6) is 0. The minimum Gasteiger partial charge on any atom is -0.318 e. The predicted molar refractivity (Wildman–Crippen MR) is 81.2 cm³/mol. The number of likely N-dealkylation sites (tertiary alicyclic amines) is 1. The van der Waals surface area contributed by atoms with E-state index in [0.717, 1.165) is 6.54 Å². The smallest absolute Gasteiger partial charge is 0.0323 e. The first kappa shape index (κ1) is 13.3. The van der Waals surface area contributed by atoms with E-state index in [9.17, 15) is 0 Å². The SMILES string of the molecule is CNCC1CCCN1C(C)c1ccc(I)cc1. The molecule has 94 valence electrons. The van der Waals surface area contributed by atoms with E-state index in [1.165, 1.54) is 28.5 Å². The Morgan fingerprint density at radius 1 is 1.41 bits per heavy atom. The van der Waals surface area contributed by atoms with Gasteiger partial charge in [-0.1, -0.05) is 12.1 Å². The summed E-state index contributed by atoms with van der Waals surface area (Å²) in [4.78, 5) is 2.64. The summed E-state index contributed by atoms with van der Waals surface area (Å²) in [5.41, 5.74) is 1.44. The van der Waals surface area contributed by atoms with Gasteiger partial charge in [0.2, 0.25) is 0 Å². The lowest BCUT2D eigenvalue weighted by Gasteiger charge is -2.31. The first-order valence-corrected chi connectivity index (χ1v) is 7.46. The van der Waals surface area contributed by atoms with E-state index in [2.05, 4.69) is 64.0 Å². The monoisotopic (exact) mass is 344 g/mol. The zero-order chi connectivity index (χ0) is 12.3. The minimum absolute atomic E-state index is 0.535. The molecular weight excluding hydrogens is 323 g/mol. The minimum atomic E-state index is 0.535. The van der Waals surface area contributed by atoms with Gasteiger partial charge in [0, 0.05) is 22.2 Å². The van der Waals surface area contributed by atoms with Gasteiger partial charge in [0.1, 0.15) is 0 Å². The van der Waals surface area contributed by atoms with Crippen molar-refractivity contribution in [2.24, 2.45) is 0 Å². The van der Waals surface area contributed by atoms with E-state index in [1.807, 2.05) is 7.05 Å². The Labute approximate surface area is 118 Å². The van der Waals surface area contributed by atoms with Crippen LogP contribution < -0.4 is 5.32 Å². The van der Waals surface area contributed by atoms with Gasteiger partial charge >= 0.3 is 0 Å². The van der Waals surface area contributed by atoms with Crippen LogP contribution in [0.15, 0.2) is 24.3 Å². The fourth-order valence-corrected chi connectivity index (χ4v) is 3.12. The molecule has 1 heterocycles. The van der Waals surface area contributed by atoms with Crippen molar-refractivity contribution in [3.05, 3.63) is 33.4 Å². The molecule has 0 aromatic heterocycles. The summed E-state index contributed by atoms with van der Waals surface area (Å²) in [6.07, 6.45) is 2.66. The molecule has 0 saturated carbocycles. The van der Waals surface area contributed by atoms with Crippen LogP contribution in [-0.2, 0) is 0 Å². The molecule has 0 aliphatic carbocycles. The van der Waals surface area contributed by atoms with E-state index in [1.54, 1.807) is 0 Å². The summed E-state index contributed by atoms with van der Waals surface area (Å²) in [7, 11) is 2.05. The fourth-order valence-electron chi connectivity index (χ4n) is 2.76. The lowest BCUT2D eigenvalue weighted by Crippen LogP contribution is -2.38. The molecule has 1 aliphatic rings. The third-order valence-electron chi connectivity index (χ3n) is 3.71. The molecule has 3 heteroatoms. The highest BCUT2D eigenvalue weighted by atomic mass is 127. The van der Waals surface area contributed by atoms with Crippen molar-refractivity contribution in [3.8, 4) is 0 Å². The predicted octanol–water partition coefficient (Wildman–Crippen LogP) is 3.04. The molecule has 2 atom stereocenters. The summed E-state index contributed by atoms with van der Waals surface area (Å²) >= 11 is 2.36. The summed E-state index contributed by atoms with van der Waals surface area (Å²) in [6.45, 7) is 4.67. The Balaban J connectivity index is 2.08. The summed E-state index contributed by atoms with van der Waals surface area (Å²) < 4.78 is 1.31. The number of halogens is 1. The van der Waals surface area contributed by atoms with Gasteiger partial charge in [0.15, 0.2) is 0 Å². The molecule has 2 rings (SSSR count). The van der Waals surface area contributed by atoms with Gasteiger partial charge in [0.05, 0.1) is 0 Å². The summed E-state index contributed by atoms with van der Waals surface area (Å²) in [6, 6.07) is 10.2. The van der Waals surface area contributed by atoms with Crippen molar-refractivity contribution in [1.82, 2.24) is 10.2 Å². The average Bonchev–Trinajstić information content (AvgIpc) is 2.78. The van der Waals surface area contributed by atoms with Crippen LogP contribution in [0.4, 0.5) is 0 Å². The van der Waals surface area contributed by atoms with E-state index in [4.69, 9.17) is 0 Å². The molecule has 1 N–H and O–H groups in total. The third kappa shape index (κ3) is 3.20. The van der Waals surface area contributed by atoms with Crippen LogP contribution in [0.5, 0.6) is 0 Å². The lowest BCUT2D eigenvalue weighted by atomic mass is 10.1. The molecule has 1 aromatic rings. The molecule has 0 bridgehead atoms. The number of hydrogen-bond donors (Lipinski definition) is 1. The first-order valence-electron chi connectivity index (χ1n) is 6.38. The van der Waals surface area contributed by atoms with Gasteiger partial charge in [-0.25, -0.2) is 0 Å². The quantitative estimate of drug-likeness (QED) is 0.845. The standard InChI is InChI=1S/C14H21IN2/c1-11(12-5-7-13(15)8-6-12)17-9-3-4-14(17)10-16-2/h5-8,11,14,16H,3-4,9-10H2,1-2H3. The Hall–Kier alpha value is -0.130. The maximum absolute atomic E-state index is 3.31. The van der Waals surface area contributed by atoms with Crippen molar-refractivity contribution in [2.75, 3.05) is 20.1 Å². The molecule has 1 aromatic carbocycles. The van der Waals surface area contributed by atoms with Gasteiger partial charge in [0.25, 0.3) is 0 Å². The van der Waals surface area contributed by atoms with Crippen LogP contribution >= 0.6 is 22.6 Å². The van der Waals surface area contributed by atoms with Gasteiger partial charge in [-0.15, -0.1) is 0 Å². The number of hydrogen-bond acceptors (Lipinski definition) is 2. The fraction of sp³-hybridized carbons (Fsp3) is 0.571. The van der Waals surface area contributed by atoms with Crippen LogP contribution in [0, 0.1) is 3.57 Å². The maximum atomic E-state index is 3.31. The van der Waals surface area contributed by atoms with E-state index >= 15 is 0 Å². The van der Waals surface area contributed by atoms with Crippen LogP contribution in [0.25, 0.3) is 0 Å². The highest BCUT2D eigenvalue weighted by molar-refractivity contribution is 14.1. The van der Waals surface area contributed by atoms with Crippen LogP contribution in [0.1, 0.15) is 31.4 Å². The van der Waals surface area contributed by atoms with E-state index < -0.39 is 0 Å². The Morgan fingerprint density at radius 3 is 2.76 bits per heavy atom. The zero-order valence-electron chi connectivity index (χ0n) is 10.6. The van der Waals surface area contributed by atoms with Gasteiger partial charge in [-0.05, 0) is 73.6 Å². The van der Waals surface area contributed by atoms with Crippen LogP contribution in [0.3, 0.4) is 0 Å². The van der Waals surface area contributed by atoms with Crippen LogP contribution in [0.2, 0.25) is 0 Å².